The van der Waals surface area contributed by atoms with E-state index in [0.29, 0.717) is 5.82 Å². The number of aromatic nitrogens is 2. The van der Waals surface area contributed by atoms with E-state index in [0.717, 1.165) is 22.1 Å². The minimum Gasteiger partial charge on any atom is -0.464 e. The number of nitrogen functional groups attached to an aromatic ring is 1. The smallest absolute Gasteiger partial charge is 0.134 e. The first kappa shape index (κ1) is 9.03. The van der Waals surface area contributed by atoms with Gasteiger partial charge in [-0.05, 0) is 17.7 Å². The van der Waals surface area contributed by atoms with Crippen LogP contribution in [0.3, 0.4) is 0 Å². The van der Waals surface area contributed by atoms with E-state index in [9.17, 15) is 0 Å². The number of rotatable bonds is 1. The normalized spacial score (nSPS) is 11.1. The Hall–Kier alpha value is -2.23. The third kappa shape index (κ3) is 1.13. The number of nitrogens with two attached hydrogens (primary N) is 1. The molecular formula is C12H11N3O. The third-order valence-corrected chi connectivity index (χ3v) is 2.77. The van der Waals surface area contributed by atoms with Crippen molar-refractivity contribution in [3.05, 3.63) is 36.7 Å². The molecule has 0 spiro atoms. The van der Waals surface area contributed by atoms with Gasteiger partial charge in [-0.1, -0.05) is 12.1 Å². The summed E-state index contributed by atoms with van der Waals surface area (Å²) in [6, 6.07) is 7.85. The molecule has 2 heterocycles. The van der Waals surface area contributed by atoms with Crippen LogP contribution in [0, 0.1) is 0 Å². The van der Waals surface area contributed by atoms with Crippen molar-refractivity contribution < 1.29 is 4.42 Å². The van der Waals surface area contributed by atoms with E-state index in [1.165, 1.54) is 0 Å². The van der Waals surface area contributed by atoms with Crippen LogP contribution in [0.25, 0.3) is 22.1 Å². The summed E-state index contributed by atoms with van der Waals surface area (Å²) in [7, 11) is 1.83. The van der Waals surface area contributed by atoms with Crippen LogP contribution in [-0.2, 0) is 7.05 Å². The van der Waals surface area contributed by atoms with Gasteiger partial charge in [0, 0.05) is 18.0 Å². The number of nitrogens with zero attached hydrogens (tertiary/aromatic N) is 2. The molecule has 0 aliphatic rings. The summed E-state index contributed by atoms with van der Waals surface area (Å²) in [6.45, 7) is 0. The van der Waals surface area contributed by atoms with Gasteiger partial charge in [0.2, 0.25) is 0 Å². The Labute approximate surface area is 92.3 Å². The van der Waals surface area contributed by atoms with Crippen LogP contribution in [0.4, 0.5) is 5.82 Å². The number of hydrogen-bond donors (Lipinski definition) is 1. The molecule has 0 saturated heterocycles. The Morgan fingerprint density at radius 1 is 1.25 bits per heavy atom. The first-order valence-corrected chi connectivity index (χ1v) is 5.01. The lowest BCUT2D eigenvalue weighted by atomic mass is 10.0. The van der Waals surface area contributed by atoms with Gasteiger partial charge in [-0.2, -0.15) is 5.10 Å². The first-order valence-electron chi connectivity index (χ1n) is 5.01. The quantitative estimate of drug-likeness (QED) is 0.675. The van der Waals surface area contributed by atoms with E-state index in [-0.39, 0.29) is 0 Å². The Morgan fingerprint density at radius 2 is 2.12 bits per heavy atom. The van der Waals surface area contributed by atoms with Crippen LogP contribution in [0.15, 0.2) is 41.1 Å². The molecule has 3 aromatic rings. The average molecular weight is 213 g/mol. The summed E-state index contributed by atoms with van der Waals surface area (Å²) >= 11 is 0. The summed E-state index contributed by atoms with van der Waals surface area (Å²) < 4.78 is 7.02. The number of benzene rings is 1. The number of furan rings is 1. The van der Waals surface area contributed by atoms with E-state index in [1.807, 2.05) is 31.3 Å². The molecule has 0 fully saturated rings. The zero-order valence-corrected chi connectivity index (χ0v) is 8.84. The zero-order chi connectivity index (χ0) is 11.1. The molecule has 16 heavy (non-hydrogen) atoms. The summed E-state index contributed by atoms with van der Waals surface area (Å²) in [5.41, 5.74) is 8.82. The van der Waals surface area contributed by atoms with Gasteiger partial charge >= 0.3 is 0 Å². The summed E-state index contributed by atoms with van der Waals surface area (Å²) in [5.74, 6) is 0.661. The lowest BCUT2D eigenvalue weighted by molar-refractivity contribution is 0.616. The number of anilines is 1. The molecule has 80 valence electrons. The van der Waals surface area contributed by atoms with Gasteiger partial charge in [0.1, 0.15) is 11.4 Å². The second-order valence-corrected chi connectivity index (χ2v) is 3.71. The largest absolute Gasteiger partial charge is 0.464 e. The SMILES string of the molecule is Cn1ncc(-c2cccc3occc23)c1N. The molecule has 2 aromatic heterocycles. The molecule has 0 saturated carbocycles. The maximum absolute atomic E-state index is 5.96. The van der Waals surface area contributed by atoms with Gasteiger partial charge in [-0.15, -0.1) is 0 Å². The first-order chi connectivity index (χ1) is 7.77. The molecule has 0 amide bonds. The van der Waals surface area contributed by atoms with Gasteiger partial charge in [0.05, 0.1) is 12.5 Å². The molecule has 0 atom stereocenters. The average Bonchev–Trinajstić information content (AvgIpc) is 2.87. The second kappa shape index (κ2) is 3.13. The summed E-state index contributed by atoms with van der Waals surface area (Å²) in [6.07, 6.45) is 3.46. The molecule has 0 bridgehead atoms. The molecule has 0 radical (unpaired) electrons. The number of aryl methyl sites for hydroxylation is 1. The maximum Gasteiger partial charge on any atom is 0.134 e. The van der Waals surface area contributed by atoms with Gasteiger partial charge in [0.15, 0.2) is 0 Å². The van der Waals surface area contributed by atoms with Crippen molar-refractivity contribution in [1.29, 1.82) is 0 Å². The van der Waals surface area contributed by atoms with E-state index >= 15 is 0 Å². The fourth-order valence-corrected chi connectivity index (χ4v) is 1.88. The van der Waals surface area contributed by atoms with E-state index in [4.69, 9.17) is 10.2 Å². The molecule has 3 rings (SSSR count). The van der Waals surface area contributed by atoms with E-state index < -0.39 is 0 Å². The van der Waals surface area contributed by atoms with Gasteiger partial charge < -0.3 is 10.2 Å². The predicted octanol–water partition coefficient (Wildman–Crippen LogP) is 2.42. The maximum atomic E-state index is 5.96. The fraction of sp³-hybridized carbons (Fsp3) is 0.0833. The fourth-order valence-electron chi connectivity index (χ4n) is 1.88. The highest BCUT2D eigenvalue weighted by molar-refractivity contribution is 5.96. The minimum atomic E-state index is 0.661. The number of fused-ring (bicyclic) bond motifs is 1. The van der Waals surface area contributed by atoms with Crippen molar-refractivity contribution in [2.24, 2.45) is 7.05 Å². The Kier molecular flexibility index (Phi) is 1.77. The highest BCUT2D eigenvalue weighted by Crippen LogP contribution is 2.32. The van der Waals surface area contributed by atoms with Crippen molar-refractivity contribution in [3.63, 3.8) is 0 Å². The third-order valence-electron chi connectivity index (χ3n) is 2.77. The molecule has 0 aliphatic heterocycles. The van der Waals surface area contributed by atoms with Crippen LogP contribution >= 0.6 is 0 Å². The molecule has 2 N–H and O–H groups in total. The van der Waals surface area contributed by atoms with Crippen LogP contribution in [0.5, 0.6) is 0 Å². The molecule has 0 aliphatic carbocycles. The lowest BCUT2D eigenvalue weighted by Gasteiger charge is -2.01. The molecule has 1 aromatic carbocycles. The highest BCUT2D eigenvalue weighted by Gasteiger charge is 2.11. The van der Waals surface area contributed by atoms with Crippen molar-refractivity contribution in [2.45, 2.75) is 0 Å². The lowest BCUT2D eigenvalue weighted by Crippen LogP contribution is -1.98. The van der Waals surface area contributed by atoms with Crippen molar-refractivity contribution in [1.82, 2.24) is 9.78 Å². The Balaban J connectivity index is 2.33. The van der Waals surface area contributed by atoms with Crippen molar-refractivity contribution >= 4 is 16.8 Å². The Bertz CT molecular complexity index is 651. The molecular weight excluding hydrogens is 202 g/mol. The van der Waals surface area contributed by atoms with Crippen LogP contribution < -0.4 is 5.73 Å². The van der Waals surface area contributed by atoms with Crippen LogP contribution in [0.2, 0.25) is 0 Å². The second-order valence-electron chi connectivity index (χ2n) is 3.71. The molecule has 4 nitrogen and oxygen atoms in total. The summed E-state index contributed by atoms with van der Waals surface area (Å²) in [4.78, 5) is 0. The topological polar surface area (TPSA) is 57.0 Å². The van der Waals surface area contributed by atoms with Gasteiger partial charge in [0.25, 0.3) is 0 Å². The predicted molar refractivity (Wildman–Crippen MR) is 62.8 cm³/mol. The summed E-state index contributed by atoms with van der Waals surface area (Å²) in [5, 5.41) is 5.20. The monoisotopic (exact) mass is 213 g/mol. The van der Waals surface area contributed by atoms with Gasteiger partial charge in [-0.25, -0.2) is 0 Å². The highest BCUT2D eigenvalue weighted by atomic mass is 16.3. The zero-order valence-electron chi connectivity index (χ0n) is 8.84. The van der Waals surface area contributed by atoms with E-state index in [2.05, 4.69) is 5.10 Å². The standard InChI is InChI=1S/C12H11N3O/c1-15-12(13)10(7-14-15)8-3-2-4-11-9(8)5-6-16-11/h2-7H,13H2,1H3. The molecule has 4 heteroatoms. The van der Waals surface area contributed by atoms with E-state index in [1.54, 1.807) is 17.1 Å². The van der Waals surface area contributed by atoms with Crippen molar-refractivity contribution in [3.8, 4) is 11.1 Å². The molecule has 0 unspecified atom stereocenters. The minimum absolute atomic E-state index is 0.661. The van der Waals surface area contributed by atoms with Crippen LogP contribution in [-0.4, -0.2) is 9.78 Å². The Morgan fingerprint density at radius 3 is 2.88 bits per heavy atom. The van der Waals surface area contributed by atoms with Crippen LogP contribution in [0.1, 0.15) is 0 Å². The van der Waals surface area contributed by atoms with Crippen molar-refractivity contribution in [2.75, 3.05) is 5.73 Å². The van der Waals surface area contributed by atoms with Gasteiger partial charge in [-0.3, -0.25) is 4.68 Å². The number of hydrogen-bond acceptors (Lipinski definition) is 3.